The van der Waals surface area contributed by atoms with Gasteiger partial charge in [0.1, 0.15) is 0 Å². The van der Waals surface area contributed by atoms with Gasteiger partial charge in [0.2, 0.25) is 0 Å². The molecule has 17 heavy (non-hydrogen) atoms. The average molecular weight is 296 g/mol. The lowest BCUT2D eigenvalue weighted by molar-refractivity contribution is -0.120. The maximum absolute atomic E-state index is 11.6. The van der Waals surface area contributed by atoms with Crippen molar-refractivity contribution in [2.75, 3.05) is 4.90 Å². The van der Waals surface area contributed by atoms with Crippen molar-refractivity contribution in [1.82, 2.24) is 0 Å². The molecule has 1 aromatic carbocycles. The Bertz CT molecular complexity index is 547. The Balaban J connectivity index is 2.34. The predicted octanol–water partition coefficient (Wildman–Crippen LogP) is 1.54. The Kier molecular flexibility index (Phi) is 2.81. The number of aromatic carboxylic acids is 1. The van der Waals surface area contributed by atoms with Gasteiger partial charge in [-0.2, -0.15) is 0 Å². The van der Waals surface area contributed by atoms with Crippen LogP contribution in [0.2, 0.25) is 0 Å². The van der Waals surface area contributed by atoms with Gasteiger partial charge < -0.3 is 5.11 Å². The van der Waals surface area contributed by atoms with E-state index in [0.29, 0.717) is 5.69 Å². The molecular weight excluding hydrogens is 290 g/mol. The van der Waals surface area contributed by atoms with Crippen LogP contribution >= 0.6 is 15.9 Å². The number of hydrogen-bond donors (Lipinski definition) is 1. The molecule has 0 saturated carbocycles. The molecule has 0 saturated heterocycles. The summed E-state index contributed by atoms with van der Waals surface area (Å²) >= 11 is 2.97. The molecule has 2 rings (SSSR count). The van der Waals surface area contributed by atoms with E-state index in [4.69, 9.17) is 5.11 Å². The van der Waals surface area contributed by atoms with Crippen LogP contribution in [-0.2, 0) is 9.59 Å². The molecule has 1 aromatic rings. The number of anilines is 1. The third kappa shape index (κ3) is 1.99. The van der Waals surface area contributed by atoms with Crippen LogP contribution in [0.25, 0.3) is 0 Å². The number of carbonyl (C=O) groups excluding carboxylic acids is 2. The molecule has 0 fully saturated rings. The van der Waals surface area contributed by atoms with Crippen molar-refractivity contribution in [3.63, 3.8) is 0 Å². The Morgan fingerprint density at radius 3 is 2.18 bits per heavy atom. The van der Waals surface area contributed by atoms with Gasteiger partial charge >= 0.3 is 5.97 Å². The maximum atomic E-state index is 11.6. The van der Waals surface area contributed by atoms with Crippen LogP contribution in [-0.4, -0.2) is 22.9 Å². The highest BCUT2D eigenvalue weighted by Gasteiger charge is 2.30. The Hall–Kier alpha value is -1.95. The molecular formula is C11H6BrNO4. The number of carboxylic acids is 1. The number of carbonyl (C=O) groups is 3. The number of hydrogen-bond acceptors (Lipinski definition) is 3. The molecule has 0 aliphatic carbocycles. The van der Waals surface area contributed by atoms with E-state index < -0.39 is 17.8 Å². The quantitative estimate of drug-likeness (QED) is 0.840. The molecule has 1 heterocycles. The zero-order valence-corrected chi connectivity index (χ0v) is 9.97. The van der Waals surface area contributed by atoms with E-state index in [0.717, 1.165) is 4.90 Å². The van der Waals surface area contributed by atoms with Gasteiger partial charge in [-0.15, -0.1) is 0 Å². The number of rotatable bonds is 2. The van der Waals surface area contributed by atoms with Gasteiger partial charge in [-0.05, 0) is 40.2 Å². The SMILES string of the molecule is O=C(O)c1ccc(N2C(=O)C=C(Br)C2=O)cc1. The van der Waals surface area contributed by atoms with Gasteiger partial charge in [0.05, 0.1) is 15.7 Å². The summed E-state index contributed by atoms with van der Waals surface area (Å²) in [5.41, 5.74) is 0.440. The van der Waals surface area contributed by atoms with Crippen LogP contribution in [0.4, 0.5) is 5.69 Å². The molecule has 2 amide bonds. The number of benzene rings is 1. The molecule has 0 atom stereocenters. The summed E-state index contributed by atoms with van der Waals surface area (Å²) in [7, 11) is 0. The number of nitrogens with zero attached hydrogens (tertiary/aromatic N) is 1. The van der Waals surface area contributed by atoms with Crippen molar-refractivity contribution in [2.24, 2.45) is 0 Å². The van der Waals surface area contributed by atoms with Crippen LogP contribution in [0.5, 0.6) is 0 Å². The summed E-state index contributed by atoms with van der Waals surface area (Å²) in [5, 5.41) is 8.72. The fraction of sp³-hybridized carbons (Fsp3) is 0. The fourth-order valence-corrected chi connectivity index (χ4v) is 1.81. The molecule has 1 aliphatic rings. The standard InChI is InChI=1S/C11H6BrNO4/c12-8-5-9(14)13(10(8)15)7-3-1-6(2-4-7)11(16)17/h1-5H,(H,16,17). The summed E-state index contributed by atoms with van der Waals surface area (Å²) in [6.45, 7) is 0. The van der Waals surface area contributed by atoms with E-state index in [-0.39, 0.29) is 10.0 Å². The zero-order chi connectivity index (χ0) is 12.6. The van der Waals surface area contributed by atoms with Crippen molar-refractivity contribution in [3.8, 4) is 0 Å². The van der Waals surface area contributed by atoms with E-state index >= 15 is 0 Å². The first-order valence-electron chi connectivity index (χ1n) is 4.59. The van der Waals surface area contributed by atoms with Crippen molar-refractivity contribution in [2.45, 2.75) is 0 Å². The number of carboxylic acid groups (broad SMARTS) is 1. The summed E-state index contributed by atoms with van der Waals surface area (Å²) in [4.78, 5) is 34.7. The monoisotopic (exact) mass is 295 g/mol. The van der Waals surface area contributed by atoms with Crippen molar-refractivity contribution in [3.05, 3.63) is 40.4 Å². The number of imide groups is 1. The summed E-state index contributed by atoms with van der Waals surface area (Å²) in [6, 6.07) is 5.51. The van der Waals surface area contributed by atoms with Crippen molar-refractivity contribution >= 4 is 39.4 Å². The topological polar surface area (TPSA) is 74.7 Å². The Labute approximate surface area is 104 Å². The lowest BCUT2D eigenvalue weighted by Gasteiger charge is -2.13. The molecule has 86 valence electrons. The highest BCUT2D eigenvalue weighted by Crippen LogP contribution is 2.25. The lowest BCUT2D eigenvalue weighted by Crippen LogP contribution is -2.30. The summed E-state index contributed by atoms with van der Waals surface area (Å²) in [5.74, 6) is -1.97. The molecule has 0 radical (unpaired) electrons. The molecule has 0 spiro atoms. The normalized spacial score (nSPS) is 15.1. The second kappa shape index (κ2) is 4.14. The molecule has 0 unspecified atom stereocenters. The van der Waals surface area contributed by atoms with Crippen LogP contribution in [0, 0.1) is 0 Å². The Morgan fingerprint density at radius 2 is 1.76 bits per heavy atom. The van der Waals surface area contributed by atoms with Gasteiger partial charge in [0, 0.05) is 6.08 Å². The smallest absolute Gasteiger partial charge is 0.335 e. The van der Waals surface area contributed by atoms with Gasteiger partial charge in [-0.25, -0.2) is 9.69 Å². The summed E-state index contributed by atoms with van der Waals surface area (Å²) < 4.78 is 0.185. The van der Waals surface area contributed by atoms with Gasteiger partial charge in [0.15, 0.2) is 0 Å². The van der Waals surface area contributed by atoms with E-state index in [9.17, 15) is 14.4 Å². The van der Waals surface area contributed by atoms with E-state index in [2.05, 4.69) is 15.9 Å². The van der Waals surface area contributed by atoms with Crippen LogP contribution in [0.15, 0.2) is 34.8 Å². The van der Waals surface area contributed by atoms with Crippen molar-refractivity contribution in [1.29, 1.82) is 0 Å². The average Bonchev–Trinajstić information content (AvgIpc) is 2.53. The highest BCUT2D eigenvalue weighted by molar-refractivity contribution is 9.12. The van der Waals surface area contributed by atoms with E-state index in [1.165, 1.54) is 30.3 Å². The predicted molar refractivity (Wildman–Crippen MR) is 62.9 cm³/mol. The van der Waals surface area contributed by atoms with E-state index in [1.807, 2.05) is 0 Å². The summed E-state index contributed by atoms with van der Waals surface area (Å²) in [6.07, 6.45) is 1.17. The van der Waals surface area contributed by atoms with Crippen molar-refractivity contribution < 1.29 is 19.5 Å². The maximum Gasteiger partial charge on any atom is 0.335 e. The van der Waals surface area contributed by atoms with Gasteiger partial charge in [0.25, 0.3) is 11.8 Å². The zero-order valence-electron chi connectivity index (χ0n) is 8.38. The molecule has 0 bridgehead atoms. The second-order valence-electron chi connectivity index (χ2n) is 3.32. The van der Waals surface area contributed by atoms with Crippen LogP contribution < -0.4 is 4.90 Å². The largest absolute Gasteiger partial charge is 0.478 e. The number of amides is 2. The minimum Gasteiger partial charge on any atom is -0.478 e. The lowest BCUT2D eigenvalue weighted by atomic mass is 10.2. The highest BCUT2D eigenvalue weighted by atomic mass is 79.9. The molecule has 6 heteroatoms. The molecule has 5 nitrogen and oxygen atoms in total. The van der Waals surface area contributed by atoms with Crippen LogP contribution in [0.3, 0.4) is 0 Å². The van der Waals surface area contributed by atoms with Gasteiger partial charge in [-0.1, -0.05) is 0 Å². The first-order valence-corrected chi connectivity index (χ1v) is 5.39. The second-order valence-corrected chi connectivity index (χ2v) is 4.18. The third-order valence-corrected chi connectivity index (χ3v) is 2.82. The van der Waals surface area contributed by atoms with Crippen LogP contribution in [0.1, 0.15) is 10.4 Å². The third-order valence-electron chi connectivity index (χ3n) is 2.25. The van der Waals surface area contributed by atoms with E-state index in [1.54, 1.807) is 0 Å². The van der Waals surface area contributed by atoms with Gasteiger partial charge in [-0.3, -0.25) is 9.59 Å². The fourth-order valence-electron chi connectivity index (χ4n) is 1.44. The minimum atomic E-state index is -1.06. The molecule has 1 N–H and O–H groups in total. The molecule has 0 aromatic heterocycles. The Morgan fingerprint density at radius 1 is 1.18 bits per heavy atom. The minimum absolute atomic E-state index is 0.0971. The first kappa shape index (κ1) is 11.5. The molecule has 1 aliphatic heterocycles. The number of halogens is 1. The first-order chi connectivity index (χ1) is 8.00.